The zero-order valence-corrected chi connectivity index (χ0v) is 11.0. The number of aromatic nitrogens is 1. The molecule has 0 saturated heterocycles. The van der Waals surface area contributed by atoms with Crippen LogP contribution in [-0.4, -0.2) is 17.6 Å². The lowest BCUT2D eigenvalue weighted by Crippen LogP contribution is -2.31. The Morgan fingerprint density at radius 1 is 1.41 bits per heavy atom. The van der Waals surface area contributed by atoms with Crippen LogP contribution in [-0.2, 0) is 5.41 Å². The molecule has 1 aliphatic carbocycles. The Morgan fingerprint density at radius 3 is 2.53 bits per heavy atom. The van der Waals surface area contributed by atoms with Crippen molar-refractivity contribution in [3.05, 3.63) is 23.9 Å². The zero-order valence-electron chi connectivity index (χ0n) is 11.0. The zero-order chi connectivity index (χ0) is 12.5. The van der Waals surface area contributed by atoms with Crippen molar-refractivity contribution in [1.29, 1.82) is 0 Å². The van der Waals surface area contributed by atoms with Crippen LogP contribution in [0.3, 0.4) is 0 Å². The number of nitrogens with one attached hydrogen (secondary N) is 1. The normalized spacial score (nSPS) is 17.9. The van der Waals surface area contributed by atoms with Gasteiger partial charge in [0.1, 0.15) is 5.82 Å². The minimum atomic E-state index is 0.162. The second kappa shape index (κ2) is 4.65. The number of anilines is 1. The monoisotopic (exact) mass is 233 g/mol. The van der Waals surface area contributed by atoms with Crippen molar-refractivity contribution in [2.75, 3.05) is 11.9 Å². The molecule has 3 nitrogen and oxygen atoms in total. The second-order valence-corrected chi connectivity index (χ2v) is 6.01. The highest BCUT2D eigenvalue weighted by molar-refractivity contribution is 5.38. The molecule has 17 heavy (non-hydrogen) atoms. The summed E-state index contributed by atoms with van der Waals surface area (Å²) in [6.45, 7) is 7.28. The van der Waals surface area contributed by atoms with Crippen molar-refractivity contribution in [2.45, 2.75) is 45.1 Å². The summed E-state index contributed by atoms with van der Waals surface area (Å²) < 4.78 is 0. The van der Waals surface area contributed by atoms with Gasteiger partial charge in [-0.15, -0.1) is 0 Å². The summed E-state index contributed by atoms with van der Waals surface area (Å²) in [4.78, 5) is 4.48. The first-order chi connectivity index (χ1) is 8.00. The van der Waals surface area contributed by atoms with Gasteiger partial charge in [0, 0.05) is 18.8 Å². The van der Waals surface area contributed by atoms with Gasteiger partial charge in [0.25, 0.3) is 0 Å². The Labute approximate surface area is 104 Å². The van der Waals surface area contributed by atoms with Crippen molar-refractivity contribution < 1.29 is 0 Å². The largest absolute Gasteiger partial charge is 0.366 e. The number of pyridine rings is 1. The summed E-state index contributed by atoms with van der Waals surface area (Å²) in [6, 6.07) is 4.60. The third-order valence-electron chi connectivity index (χ3n) is 3.41. The number of nitrogens with two attached hydrogens (primary N) is 1. The third-order valence-corrected chi connectivity index (χ3v) is 3.41. The van der Waals surface area contributed by atoms with Gasteiger partial charge in [0.05, 0.1) is 0 Å². The minimum Gasteiger partial charge on any atom is -0.366 e. The van der Waals surface area contributed by atoms with E-state index in [2.05, 4.69) is 43.2 Å². The average Bonchev–Trinajstić information content (AvgIpc) is 3.09. The highest BCUT2D eigenvalue weighted by atomic mass is 15.0. The molecule has 1 aliphatic rings. The molecule has 0 bridgehead atoms. The van der Waals surface area contributed by atoms with Crippen LogP contribution in [0.1, 0.15) is 39.2 Å². The molecule has 1 aromatic rings. The molecule has 1 saturated carbocycles. The van der Waals surface area contributed by atoms with Gasteiger partial charge in [-0.1, -0.05) is 26.8 Å². The molecule has 1 fully saturated rings. The van der Waals surface area contributed by atoms with Gasteiger partial charge in [0.2, 0.25) is 0 Å². The predicted octanol–water partition coefficient (Wildman–Crippen LogP) is 2.53. The van der Waals surface area contributed by atoms with E-state index in [1.165, 1.54) is 18.4 Å². The van der Waals surface area contributed by atoms with Crippen LogP contribution < -0.4 is 11.1 Å². The molecule has 3 heteroatoms. The molecular weight excluding hydrogens is 210 g/mol. The van der Waals surface area contributed by atoms with E-state index in [0.717, 1.165) is 11.7 Å². The summed E-state index contributed by atoms with van der Waals surface area (Å²) in [5, 5.41) is 3.43. The van der Waals surface area contributed by atoms with Crippen molar-refractivity contribution in [1.82, 2.24) is 4.98 Å². The Kier molecular flexibility index (Phi) is 3.38. The SMILES string of the molecule is CC(C)(C)c1ccc(NC(CN)C2CC2)nc1. The lowest BCUT2D eigenvalue weighted by atomic mass is 9.88. The lowest BCUT2D eigenvalue weighted by Gasteiger charge is -2.20. The summed E-state index contributed by atoms with van der Waals surface area (Å²) >= 11 is 0. The summed E-state index contributed by atoms with van der Waals surface area (Å²) in [5.41, 5.74) is 7.20. The van der Waals surface area contributed by atoms with Crippen molar-refractivity contribution in [3.63, 3.8) is 0 Å². The van der Waals surface area contributed by atoms with Crippen LogP contribution in [0.5, 0.6) is 0 Å². The molecule has 1 aromatic heterocycles. The van der Waals surface area contributed by atoms with Crippen LogP contribution in [0.4, 0.5) is 5.82 Å². The van der Waals surface area contributed by atoms with Crippen LogP contribution in [0.15, 0.2) is 18.3 Å². The smallest absolute Gasteiger partial charge is 0.126 e. The van der Waals surface area contributed by atoms with Crippen molar-refractivity contribution in [2.24, 2.45) is 11.7 Å². The van der Waals surface area contributed by atoms with Gasteiger partial charge >= 0.3 is 0 Å². The maximum absolute atomic E-state index is 5.77. The van der Waals surface area contributed by atoms with Gasteiger partial charge in [0.15, 0.2) is 0 Å². The Hall–Kier alpha value is -1.09. The average molecular weight is 233 g/mol. The molecule has 3 N–H and O–H groups in total. The molecule has 0 aromatic carbocycles. The van der Waals surface area contributed by atoms with Gasteiger partial charge in [-0.3, -0.25) is 0 Å². The van der Waals surface area contributed by atoms with Gasteiger partial charge in [-0.2, -0.15) is 0 Å². The van der Waals surface area contributed by atoms with Crippen molar-refractivity contribution in [3.8, 4) is 0 Å². The van der Waals surface area contributed by atoms with E-state index in [-0.39, 0.29) is 5.41 Å². The Morgan fingerprint density at radius 2 is 2.12 bits per heavy atom. The fraction of sp³-hybridized carbons (Fsp3) is 0.643. The molecular formula is C14H23N3. The van der Waals surface area contributed by atoms with E-state index in [4.69, 9.17) is 5.73 Å². The third kappa shape index (κ3) is 3.19. The highest BCUT2D eigenvalue weighted by Gasteiger charge is 2.30. The first-order valence-electron chi connectivity index (χ1n) is 6.44. The lowest BCUT2D eigenvalue weighted by molar-refractivity contribution is 0.587. The molecule has 0 aliphatic heterocycles. The van der Waals surface area contributed by atoms with E-state index < -0.39 is 0 Å². The first kappa shape index (κ1) is 12.4. The maximum atomic E-state index is 5.77. The maximum Gasteiger partial charge on any atom is 0.126 e. The fourth-order valence-corrected chi connectivity index (χ4v) is 1.98. The number of hydrogen-bond acceptors (Lipinski definition) is 3. The van der Waals surface area contributed by atoms with E-state index in [1.807, 2.05) is 6.20 Å². The quantitative estimate of drug-likeness (QED) is 0.840. The molecule has 1 heterocycles. The highest BCUT2D eigenvalue weighted by Crippen LogP contribution is 2.33. The van der Waals surface area contributed by atoms with E-state index >= 15 is 0 Å². The molecule has 1 unspecified atom stereocenters. The van der Waals surface area contributed by atoms with Gasteiger partial charge in [-0.25, -0.2) is 4.98 Å². The first-order valence-corrected chi connectivity index (χ1v) is 6.44. The van der Waals surface area contributed by atoms with Crippen LogP contribution in [0, 0.1) is 5.92 Å². The topological polar surface area (TPSA) is 50.9 Å². The Balaban J connectivity index is 2.02. The molecule has 0 spiro atoms. The standard InChI is InChI=1S/C14H23N3/c1-14(2,3)11-6-7-13(16-9-11)17-12(8-15)10-4-5-10/h6-7,9-10,12H,4-5,8,15H2,1-3H3,(H,16,17). The molecule has 2 rings (SSSR count). The van der Waals surface area contributed by atoms with E-state index in [0.29, 0.717) is 12.6 Å². The number of nitrogens with zero attached hydrogens (tertiary/aromatic N) is 1. The van der Waals surface area contributed by atoms with Gasteiger partial charge in [-0.05, 0) is 35.8 Å². The minimum absolute atomic E-state index is 0.162. The molecule has 0 amide bonds. The Bertz CT molecular complexity index is 360. The van der Waals surface area contributed by atoms with Crippen molar-refractivity contribution >= 4 is 5.82 Å². The van der Waals surface area contributed by atoms with Crippen LogP contribution in [0.25, 0.3) is 0 Å². The predicted molar refractivity (Wildman–Crippen MR) is 72.1 cm³/mol. The van der Waals surface area contributed by atoms with E-state index in [9.17, 15) is 0 Å². The van der Waals surface area contributed by atoms with Crippen LogP contribution >= 0.6 is 0 Å². The van der Waals surface area contributed by atoms with E-state index in [1.54, 1.807) is 0 Å². The summed E-state index contributed by atoms with van der Waals surface area (Å²) in [5.74, 6) is 1.70. The fourth-order valence-electron chi connectivity index (χ4n) is 1.98. The number of rotatable bonds is 4. The summed E-state index contributed by atoms with van der Waals surface area (Å²) in [7, 11) is 0. The van der Waals surface area contributed by atoms with Gasteiger partial charge < -0.3 is 11.1 Å². The number of hydrogen-bond donors (Lipinski definition) is 2. The molecule has 94 valence electrons. The molecule has 0 radical (unpaired) electrons. The van der Waals surface area contributed by atoms with Crippen LogP contribution in [0.2, 0.25) is 0 Å². The summed E-state index contributed by atoms with van der Waals surface area (Å²) in [6.07, 6.45) is 4.56. The molecule has 1 atom stereocenters. The second-order valence-electron chi connectivity index (χ2n) is 6.01.